The van der Waals surface area contributed by atoms with Crippen LogP contribution in [0.25, 0.3) is 22.5 Å². The molecule has 4 aromatic rings. The summed E-state index contributed by atoms with van der Waals surface area (Å²) in [7, 11) is -4.07. The average Bonchev–Trinajstić information content (AvgIpc) is 1.57. The van der Waals surface area contributed by atoms with Gasteiger partial charge in [0.15, 0.2) is 0 Å². The summed E-state index contributed by atoms with van der Waals surface area (Å²) in [5.41, 5.74) is 5.23. The van der Waals surface area contributed by atoms with Crippen molar-refractivity contribution in [3.8, 4) is 22.5 Å². The minimum atomic E-state index is -4.07. The van der Waals surface area contributed by atoms with E-state index in [0.29, 0.717) is 81.3 Å². The predicted molar refractivity (Wildman–Crippen MR) is 526 cm³/mol. The maximum Gasteiger partial charge on any atom is 0.328 e. The first-order chi connectivity index (χ1) is 68.0. The number of aliphatic carboxylic acids is 7. The van der Waals surface area contributed by atoms with E-state index in [-0.39, 0.29) is 302 Å². The van der Waals surface area contributed by atoms with Crippen molar-refractivity contribution in [1.29, 1.82) is 0 Å². The minimum Gasteiger partial charge on any atom is -0.481 e. The number of anilines is 1. The number of carboxylic acids is 7. The number of para-hydroxylation sites is 1. The summed E-state index contributed by atoms with van der Waals surface area (Å²) in [5.74, 6) is -14.4. The van der Waals surface area contributed by atoms with Crippen LogP contribution in [0.3, 0.4) is 0 Å². The normalized spacial score (nSPS) is 14.8. The average molecular weight is 2130 g/mol. The zero-order chi connectivity index (χ0) is 104. The fourth-order valence-corrected chi connectivity index (χ4v) is 17.8. The van der Waals surface area contributed by atoms with E-state index >= 15 is 0 Å². The molecule has 142 heavy (non-hydrogen) atoms. The highest BCUT2D eigenvalue weighted by atomic mass is 127. The van der Waals surface area contributed by atoms with E-state index in [1.165, 1.54) is 0 Å². The van der Waals surface area contributed by atoms with Crippen molar-refractivity contribution in [2.75, 3.05) is 175 Å². The van der Waals surface area contributed by atoms with Crippen LogP contribution in [0.15, 0.2) is 72.8 Å². The summed E-state index contributed by atoms with van der Waals surface area (Å²) in [6.07, 6.45) is 3.20. The second-order valence-corrected chi connectivity index (χ2v) is 38.5. The summed E-state index contributed by atoms with van der Waals surface area (Å²) < 4.78 is 43.0. The van der Waals surface area contributed by atoms with Crippen LogP contribution in [-0.2, 0) is 124 Å². The highest BCUT2D eigenvalue weighted by Gasteiger charge is 2.34. The number of amides is 7. The molecule has 0 bridgehead atoms. The molecule has 7 amide bonds. The molecule has 46 heteroatoms. The van der Waals surface area contributed by atoms with Gasteiger partial charge in [-0.2, -0.15) is 0 Å². The molecule has 14 N–H and O–H groups in total. The van der Waals surface area contributed by atoms with Crippen molar-refractivity contribution in [2.24, 2.45) is 17.8 Å². The minimum absolute atomic E-state index is 0.00205. The van der Waals surface area contributed by atoms with Crippen LogP contribution in [0, 0.1) is 21.3 Å². The Hall–Kier alpha value is -10.7. The lowest BCUT2D eigenvalue weighted by molar-refractivity contribution is -0.145. The number of nitrogens with one attached hydrogen (secondary N) is 6. The van der Waals surface area contributed by atoms with Gasteiger partial charge in [-0.25, -0.2) is 9.48 Å². The van der Waals surface area contributed by atoms with Crippen LogP contribution in [0.1, 0.15) is 179 Å². The Morgan fingerprint density at radius 1 is 0.430 bits per heavy atom. The molecule has 1 saturated heterocycles. The molecule has 0 spiro atoms. The van der Waals surface area contributed by atoms with Crippen molar-refractivity contribution in [1.82, 2.24) is 66.5 Å². The fourth-order valence-electron chi connectivity index (χ4n) is 16.0. The number of ketones is 2. The SMILES string of the molecule is CC(CCC(=O)O)CP(=O)(O)OCCC[C@H](CC(=O)NCCC[C@H](CC(=O)CCCCCNC(=O)CCC(NC(=O)CCOCCOCCOCCOCCCC(=O)CCC(=O)N1Cc2ccccc2-c2c(nnn2CCCNC(=O)CN2CCN(CC(=O)O)CCN(CC(=O)O)CCN(CC(=O)O)CC2)-c2ccccc21)C(=O)NC(CCCCNC(=O)CCCc1ccc(I)cc1)C(=O)O)C(=O)O)C(=O)O. The molecule has 3 heterocycles. The summed E-state index contributed by atoms with van der Waals surface area (Å²) in [6.45, 7) is 5.05. The molecular formula is C96H142IN14O30P. The topological polar surface area (TPSA) is 617 Å². The monoisotopic (exact) mass is 2130 g/mol. The van der Waals surface area contributed by atoms with Crippen LogP contribution in [0.2, 0.25) is 0 Å². The number of aromatic nitrogens is 3. The number of hydrogen-bond acceptors (Lipinski definition) is 28. The standard InChI is InChI=1S/C96H142IN14O30P/c1-68(27-36-87(120)121)67-142(135,136)141-52-13-19-71(95(131)132)61-84(117)100-40-12-18-70(94(129)130)60-75(113)20-3-2-9-38-99-82(115)34-33-78(93(128)103-79(96(133)134)24-8-10-39-98-81(114)26-11-16-69-28-30-73(97)31-29-69)102-83(116)37-53-138-55-57-140-59-58-139-56-54-137-51-14-21-74(112)32-35-86(119)110-62-72-17-4-5-22-76(72)92-91(77-23-6-7-25-80(77)110)104-105-111(92)42-15-41-101-85(118)63-106-43-45-107(64-88(122)123)47-49-109(66-90(126)127)50-48-108(46-44-106)65-89(124)125/h4-7,17,22-23,25,28-31,68,70-71,78-79H,2-3,8-16,18-21,24,26-27,32-67H2,1H3,(H,98,114)(H,99,115)(H,100,117)(H,101,118)(H,102,116)(H,103,128)(H,120,121)(H,122,123)(H,124,125)(H,126,127)(H,129,130)(H,131,132)(H,133,134)(H,135,136)/t68?,70-,71-,78?,79?/m1/s1. The predicted octanol–water partition coefficient (Wildman–Crippen LogP) is 5.58. The molecule has 3 aromatic carbocycles. The van der Waals surface area contributed by atoms with E-state index in [2.05, 4.69) is 64.8 Å². The Morgan fingerprint density at radius 2 is 0.958 bits per heavy atom. The van der Waals surface area contributed by atoms with Crippen molar-refractivity contribution in [3.63, 3.8) is 0 Å². The molecule has 0 aliphatic carbocycles. The molecule has 44 nitrogen and oxygen atoms in total. The Labute approximate surface area is 839 Å². The quantitative estimate of drug-likeness (QED) is 0.0146. The summed E-state index contributed by atoms with van der Waals surface area (Å²) in [4.78, 5) is 221. The van der Waals surface area contributed by atoms with E-state index in [9.17, 15) is 117 Å². The molecular weight excluding hydrogens is 1990 g/mol. The van der Waals surface area contributed by atoms with Gasteiger partial charge < -0.3 is 101 Å². The van der Waals surface area contributed by atoms with Crippen LogP contribution in [-0.4, -0.2) is 352 Å². The lowest BCUT2D eigenvalue weighted by Gasteiger charge is -2.32. The second kappa shape index (κ2) is 67.7. The van der Waals surface area contributed by atoms with Gasteiger partial charge in [0.2, 0.25) is 41.4 Å². The molecule has 2 aliphatic rings. The van der Waals surface area contributed by atoms with Gasteiger partial charge in [-0.1, -0.05) is 73.2 Å². The van der Waals surface area contributed by atoms with Gasteiger partial charge in [-0.3, -0.25) is 96.1 Å². The maximum absolute atomic E-state index is 14.3. The lowest BCUT2D eigenvalue weighted by atomic mass is 9.95. The number of ether oxygens (including phenoxy) is 4. The fraction of sp³-hybridized carbons (Fsp3) is 0.625. The third kappa shape index (κ3) is 50.5. The second-order valence-electron chi connectivity index (χ2n) is 35.4. The smallest absolute Gasteiger partial charge is 0.328 e. The highest BCUT2D eigenvalue weighted by Crippen LogP contribution is 2.45. The number of aryl methyl sites for hydroxylation is 2. The van der Waals surface area contributed by atoms with E-state index in [1.807, 2.05) is 77.7 Å². The number of unbranched alkanes of at least 4 members (excludes halogenated alkanes) is 3. The molecule has 1 aromatic heterocycles. The number of carboxylic acid groups (broad SMARTS) is 7. The van der Waals surface area contributed by atoms with Gasteiger partial charge in [0.25, 0.3) is 0 Å². The molecule has 6 rings (SSSR count). The number of Topliss-reactive ketones (excluding diaryl/α,β-unsaturated/α-hetero) is 2. The molecule has 6 atom stereocenters. The summed E-state index contributed by atoms with van der Waals surface area (Å²) in [5, 5.41) is 92.8. The van der Waals surface area contributed by atoms with E-state index in [1.54, 1.807) is 31.2 Å². The number of rotatable bonds is 73. The number of benzene rings is 3. The number of fused-ring (bicyclic) bond motifs is 5. The maximum atomic E-state index is 14.3. The Kier molecular flexibility index (Phi) is 57.2. The van der Waals surface area contributed by atoms with Crippen LogP contribution in [0.4, 0.5) is 5.69 Å². The van der Waals surface area contributed by atoms with Crippen LogP contribution >= 0.6 is 30.2 Å². The molecule has 2 aliphatic heterocycles. The van der Waals surface area contributed by atoms with Crippen molar-refractivity contribution >= 4 is 131 Å². The molecule has 0 saturated carbocycles. The highest BCUT2D eigenvalue weighted by molar-refractivity contribution is 14.1. The Bertz CT molecular complexity index is 4710. The zero-order valence-electron chi connectivity index (χ0n) is 81.0. The number of hydrogen-bond donors (Lipinski definition) is 14. The number of halogens is 1. The first-order valence-electron chi connectivity index (χ1n) is 48.6. The third-order valence-corrected chi connectivity index (χ3v) is 26.1. The molecule has 1 fully saturated rings. The Morgan fingerprint density at radius 3 is 1.56 bits per heavy atom. The van der Waals surface area contributed by atoms with Crippen molar-refractivity contribution < 1.29 is 145 Å². The van der Waals surface area contributed by atoms with Crippen molar-refractivity contribution in [2.45, 2.75) is 199 Å². The zero-order valence-corrected chi connectivity index (χ0v) is 84.0. The lowest BCUT2D eigenvalue weighted by Crippen LogP contribution is -2.52. The number of carbonyl (C=O) groups is 16. The van der Waals surface area contributed by atoms with E-state index in [0.717, 1.165) is 32.4 Å². The third-order valence-electron chi connectivity index (χ3n) is 23.7. The molecule has 788 valence electrons. The number of carbonyl (C=O) groups excluding carboxylic acids is 9. The summed E-state index contributed by atoms with van der Waals surface area (Å²) in [6, 6.07) is 20.3. The van der Waals surface area contributed by atoms with Gasteiger partial charge >= 0.3 is 49.4 Å². The van der Waals surface area contributed by atoms with Gasteiger partial charge in [0.1, 0.15) is 29.3 Å². The van der Waals surface area contributed by atoms with Crippen LogP contribution in [0.5, 0.6) is 0 Å². The number of nitrogens with zero attached hydrogens (tertiary/aromatic N) is 8. The summed E-state index contributed by atoms with van der Waals surface area (Å²) >= 11 is 2.22. The van der Waals surface area contributed by atoms with Crippen molar-refractivity contribution in [3.05, 3.63) is 87.5 Å². The largest absolute Gasteiger partial charge is 0.481 e. The van der Waals surface area contributed by atoms with Gasteiger partial charge in [0.05, 0.1) is 115 Å². The van der Waals surface area contributed by atoms with E-state index in [4.69, 9.17) is 28.6 Å². The van der Waals surface area contributed by atoms with Crippen LogP contribution < -0.4 is 36.8 Å². The van der Waals surface area contributed by atoms with E-state index < -0.39 is 109 Å². The molecule has 4 unspecified atom stereocenters. The molecule has 0 radical (unpaired) electrons. The van der Waals surface area contributed by atoms with Gasteiger partial charge in [-0.15, -0.1) is 5.10 Å². The van der Waals surface area contributed by atoms with Gasteiger partial charge in [0, 0.05) is 171 Å². The first-order valence-corrected chi connectivity index (χ1v) is 51.4. The first kappa shape index (κ1) is 120. The Balaban J connectivity index is 0.858. The van der Waals surface area contributed by atoms with Gasteiger partial charge in [-0.05, 0) is 154 Å².